The summed E-state index contributed by atoms with van der Waals surface area (Å²) in [7, 11) is 0. The van der Waals surface area contributed by atoms with Gasteiger partial charge in [-0.1, -0.05) is 0 Å². The fourth-order valence-electron chi connectivity index (χ4n) is 1.84. The van der Waals surface area contributed by atoms with Gasteiger partial charge in [-0.15, -0.1) is 11.3 Å². The highest BCUT2D eigenvalue weighted by atomic mass is 127. The van der Waals surface area contributed by atoms with E-state index in [-0.39, 0.29) is 4.11 Å². The van der Waals surface area contributed by atoms with Gasteiger partial charge in [0.15, 0.2) is 5.82 Å². The zero-order valence-corrected chi connectivity index (χ0v) is 12.5. The summed E-state index contributed by atoms with van der Waals surface area (Å²) in [4.78, 5) is 10.8. The van der Waals surface area contributed by atoms with Crippen molar-refractivity contribution in [2.45, 2.75) is 4.11 Å². The molecule has 0 spiro atoms. The highest BCUT2D eigenvalue weighted by Crippen LogP contribution is 2.31. The Labute approximate surface area is 121 Å². The first-order valence-corrected chi connectivity index (χ1v) is 7.66. The van der Waals surface area contributed by atoms with E-state index < -0.39 is 0 Å². The van der Waals surface area contributed by atoms with E-state index in [9.17, 15) is 0 Å². The van der Waals surface area contributed by atoms with E-state index >= 15 is 0 Å². The lowest BCUT2D eigenvalue weighted by Gasteiger charge is -2.31. The lowest BCUT2D eigenvalue weighted by atomic mass is 10.3. The van der Waals surface area contributed by atoms with Crippen LogP contribution in [0, 0.1) is 0 Å². The Morgan fingerprint density at radius 1 is 1.53 bits per heavy atom. The van der Waals surface area contributed by atoms with Crippen molar-refractivity contribution >= 4 is 61.6 Å². The number of hydrogen-bond donors (Lipinski definition) is 0. The second kappa shape index (κ2) is 4.83. The van der Waals surface area contributed by atoms with Gasteiger partial charge in [-0.3, -0.25) is 0 Å². The highest BCUT2D eigenvalue weighted by Gasteiger charge is 2.22. The molecule has 3 rings (SSSR count). The second-order valence-electron chi connectivity index (χ2n) is 3.68. The Hall–Kier alpha value is -0.180. The Morgan fingerprint density at radius 2 is 2.41 bits per heavy atom. The van der Waals surface area contributed by atoms with Crippen molar-refractivity contribution in [2.24, 2.45) is 0 Å². The number of nitrogens with zero attached hydrogens (tertiary/aromatic N) is 3. The summed E-state index contributed by atoms with van der Waals surface area (Å²) in [6.45, 7) is 2.41. The van der Waals surface area contributed by atoms with Crippen molar-refractivity contribution < 1.29 is 4.74 Å². The van der Waals surface area contributed by atoms with E-state index in [1.165, 1.54) is 0 Å². The van der Waals surface area contributed by atoms with Gasteiger partial charge in [0, 0.05) is 6.54 Å². The molecule has 2 aromatic heterocycles. The molecule has 0 amide bonds. The number of anilines is 1. The predicted octanol–water partition coefficient (Wildman–Crippen LogP) is 2.94. The highest BCUT2D eigenvalue weighted by molar-refractivity contribution is 14.1. The first-order chi connectivity index (χ1) is 8.24. The SMILES string of the molecule is Clc1nc(N2CCOC(I)C2)c2sccc2n1. The number of morpholine rings is 1. The van der Waals surface area contributed by atoms with Gasteiger partial charge in [-0.25, -0.2) is 4.98 Å². The largest absolute Gasteiger partial charge is 0.364 e. The van der Waals surface area contributed by atoms with Crippen molar-refractivity contribution in [1.82, 2.24) is 9.97 Å². The van der Waals surface area contributed by atoms with Gasteiger partial charge in [0.2, 0.25) is 5.28 Å². The number of fused-ring (bicyclic) bond motifs is 1. The molecule has 0 aliphatic carbocycles. The number of ether oxygens (including phenoxy) is 1. The molecule has 7 heteroatoms. The van der Waals surface area contributed by atoms with Crippen LogP contribution >= 0.6 is 45.5 Å². The normalized spacial score (nSPS) is 21.1. The first kappa shape index (κ1) is 11.9. The summed E-state index contributed by atoms with van der Waals surface area (Å²) in [6.07, 6.45) is 0. The lowest BCUT2D eigenvalue weighted by molar-refractivity contribution is 0.109. The minimum Gasteiger partial charge on any atom is -0.364 e. The molecular weight excluding hydrogens is 373 g/mol. The lowest BCUT2D eigenvalue weighted by Crippen LogP contribution is -2.40. The molecule has 17 heavy (non-hydrogen) atoms. The van der Waals surface area contributed by atoms with E-state index in [0.29, 0.717) is 5.28 Å². The molecule has 0 saturated carbocycles. The van der Waals surface area contributed by atoms with Crippen molar-refractivity contribution in [3.63, 3.8) is 0 Å². The Balaban J connectivity index is 2.06. The molecule has 4 nitrogen and oxygen atoms in total. The average molecular weight is 382 g/mol. The van der Waals surface area contributed by atoms with Crippen LogP contribution in [-0.4, -0.2) is 33.8 Å². The van der Waals surface area contributed by atoms with Gasteiger partial charge < -0.3 is 9.64 Å². The van der Waals surface area contributed by atoms with Crippen LogP contribution in [0.1, 0.15) is 0 Å². The van der Waals surface area contributed by atoms with Crippen molar-refractivity contribution in [3.05, 3.63) is 16.7 Å². The molecular formula is C10H9ClIN3OS. The zero-order valence-electron chi connectivity index (χ0n) is 8.77. The minimum atomic E-state index is 0.199. The van der Waals surface area contributed by atoms with Crippen LogP contribution < -0.4 is 4.90 Å². The number of rotatable bonds is 1. The number of aromatic nitrogens is 2. The zero-order chi connectivity index (χ0) is 11.8. The Kier molecular flexibility index (Phi) is 3.38. The third-order valence-corrected chi connectivity index (χ3v) is 4.40. The van der Waals surface area contributed by atoms with E-state index in [0.717, 1.165) is 35.7 Å². The Morgan fingerprint density at radius 3 is 3.24 bits per heavy atom. The summed E-state index contributed by atoms with van der Waals surface area (Å²) in [5.74, 6) is 0.931. The smallest absolute Gasteiger partial charge is 0.224 e. The van der Waals surface area contributed by atoms with Gasteiger partial charge in [0.05, 0.1) is 23.4 Å². The molecule has 1 atom stereocenters. The Bertz CT molecular complexity index is 549. The summed E-state index contributed by atoms with van der Waals surface area (Å²) in [5.41, 5.74) is 0.918. The first-order valence-electron chi connectivity index (χ1n) is 5.15. The number of halogens is 2. The summed E-state index contributed by atoms with van der Waals surface area (Å²) in [6, 6.07) is 1.97. The molecule has 1 unspecified atom stereocenters. The van der Waals surface area contributed by atoms with Crippen LogP contribution in [0.25, 0.3) is 10.2 Å². The molecule has 0 bridgehead atoms. The quantitative estimate of drug-likeness (QED) is 0.432. The number of alkyl halides is 1. The molecule has 1 saturated heterocycles. The molecule has 0 N–H and O–H groups in total. The van der Waals surface area contributed by atoms with Crippen LogP contribution in [0.2, 0.25) is 5.28 Å². The minimum absolute atomic E-state index is 0.199. The van der Waals surface area contributed by atoms with Crippen LogP contribution in [0.15, 0.2) is 11.4 Å². The van der Waals surface area contributed by atoms with E-state index in [2.05, 4.69) is 37.5 Å². The van der Waals surface area contributed by atoms with Gasteiger partial charge >= 0.3 is 0 Å². The summed E-state index contributed by atoms with van der Waals surface area (Å²) in [5, 5.41) is 2.32. The van der Waals surface area contributed by atoms with Gasteiger partial charge in [0.25, 0.3) is 0 Å². The fourth-order valence-corrected chi connectivity index (χ4v) is 3.58. The molecule has 0 aromatic carbocycles. The van der Waals surface area contributed by atoms with Crippen molar-refractivity contribution in [3.8, 4) is 0 Å². The molecule has 2 aromatic rings. The van der Waals surface area contributed by atoms with E-state index in [1.54, 1.807) is 11.3 Å². The predicted molar refractivity (Wildman–Crippen MR) is 78.4 cm³/mol. The topological polar surface area (TPSA) is 38.2 Å². The fraction of sp³-hybridized carbons (Fsp3) is 0.400. The molecule has 0 radical (unpaired) electrons. The maximum absolute atomic E-state index is 5.96. The molecule has 1 fully saturated rings. The second-order valence-corrected chi connectivity index (χ2v) is 6.32. The summed E-state index contributed by atoms with van der Waals surface area (Å²) < 4.78 is 6.82. The van der Waals surface area contributed by atoms with Crippen LogP contribution in [-0.2, 0) is 4.74 Å². The van der Waals surface area contributed by atoms with Gasteiger partial charge in [-0.2, -0.15) is 4.98 Å². The van der Waals surface area contributed by atoms with Gasteiger partial charge in [-0.05, 0) is 45.6 Å². The van der Waals surface area contributed by atoms with E-state index in [4.69, 9.17) is 16.3 Å². The van der Waals surface area contributed by atoms with Crippen molar-refractivity contribution in [2.75, 3.05) is 24.6 Å². The molecule has 3 heterocycles. The summed E-state index contributed by atoms with van der Waals surface area (Å²) >= 11 is 9.90. The average Bonchev–Trinajstić information content (AvgIpc) is 2.75. The molecule has 1 aliphatic heterocycles. The van der Waals surface area contributed by atoms with Gasteiger partial charge in [0.1, 0.15) is 4.11 Å². The van der Waals surface area contributed by atoms with Crippen LogP contribution in [0.3, 0.4) is 0 Å². The van der Waals surface area contributed by atoms with Crippen LogP contribution in [0.4, 0.5) is 5.82 Å². The maximum atomic E-state index is 5.96. The molecule has 1 aliphatic rings. The maximum Gasteiger partial charge on any atom is 0.224 e. The standard InChI is InChI=1S/C10H9ClIN3OS/c11-10-13-6-1-4-17-8(6)9(14-10)15-2-3-16-7(12)5-15/h1,4,7H,2-3,5H2. The third-order valence-electron chi connectivity index (χ3n) is 2.58. The van der Waals surface area contributed by atoms with Crippen molar-refractivity contribution in [1.29, 1.82) is 0 Å². The monoisotopic (exact) mass is 381 g/mol. The van der Waals surface area contributed by atoms with Crippen LogP contribution in [0.5, 0.6) is 0 Å². The molecule has 90 valence electrons. The van der Waals surface area contributed by atoms with E-state index in [1.807, 2.05) is 11.4 Å². The number of hydrogen-bond acceptors (Lipinski definition) is 5. The number of thiophene rings is 1. The third kappa shape index (κ3) is 2.35.